The molecular formula is C32H41N3O6S2. The van der Waals surface area contributed by atoms with E-state index in [9.17, 15) is 20.1 Å². The predicted octanol–water partition coefficient (Wildman–Crippen LogP) is 2.69. The van der Waals surface area contributed by atoms with Crippen molar-refractivity contribution in [1.82, 2.24) is 15.2 Å². The number of likely N-dealkylation sites (tertiary alicyclic amines) is 1. The summed E-state index contributed by atoms with van der Waals surface area (Å²) in [5.41, 5.74) is 1.33. The third-order valence-corrected chi connectivity index (χ3v) is 11.1. The molecule has 4 aliphatic rings. The molecule has 3 fully saturated rings. The van der Waals surface area contributed by atoms with Crippen molar-refractivity contribution in [2.75, 3.05) is 19.4 Å². The van der Waals surface area contributed by atoms with Crippen LogP contribution in [0.3, 0.4) is 0 Å². The molecule has 1 aliphatic carbocycles. The number of fused-ring (bicyclic) bond motifs is 1. The summed E-state index contributed by atoms with van der Waals surface area (Å²) in [6.45, 7) is 3.30. The number of aliphatic hydroxyl groups excluding tert-OH is 3. The average molecular weight is 628 g/mol. The van der Waals surface area contributed by atoms with Crippen molar-refractivity contribution >= 4 is 29.4 Å². The molecule has 1 saturated carbocycles. The molecule has 1 aromatic heterocycles. The van der Waals surface area contributed by atoms with Crippen LogP contribution in [-0.4, -0.2) is 110 Å². The molecule has 0 spiro atoms. The van der Waals surface area contributed by atoms with Crippen LogP contribution in [-0.2, 0) is 14.3 Å². The highest BCUT2D eigenvalue weighted by atomic mass is 32.2. The maximum absolute atomic E-state index is 14.2. The minimum absolute atomic E-state index is 0.150. The van der Waals surface area contributed by atoms with Gasteiger partial charge in [-0.2, -0.15) is 0 Å². The molecule has 3 aliphatic heterocycles. The first-order chi connectivity index (χ1) is 20.9. The number of aromatic nitrogens is 1. The standard InChI is InChI=1S/C32H41N3O6S2/c1-18(43-23-12-8-19(9-13-23)20-7-5-14-33-16-20)24(30-27(37)26(36)28(38)32(41-30)42-2)34-31(39)25-29-21(6-3-4-15-40-29)17-35(25)22-10-11-22/h3-5,7-9,12-14,16,18,21-22,24-30,32,36-38H,6,10-11,15,17H2,1-2H3,(H,34,39)/t18-,21-,24+,25-,26?,27-,28+,29+,30+,32?/m0/s1. The molecule has 2 unspecified atom stereocenters. The second kappa shape index (κ2) is 13.6. The lowest BCUT2D eigenvalue weighted by atomic mass is 9.92. The van der Waals surface area contributed by atoms with E-state index in [4.69, 9.17) is 9.47 Å². The van der Waals surface area contributed by atoms with Gasteiger partial charge in [-0.1, -0.05) is 37.3 Å². The van der Waals surface area contributed by atoms with Gasteiger partial charge in [0.1, 0.15) is 35.9 Å². The quantitative estimate of drug-likeness (QED) is 0.244. The number of pyridine rings is 1. The van der Waals surface area contributed by atoms with E-state index in [0.29, 0.717) is 12.6 Å². The van der Waals surface area contributed by atoms with E-state index < -0.39 is 41.9 Å². The number of allylic oxidation sites excluding steroid dienone is 1. The number of ether oxygens (including phenoxy) is 2. The van der Waals surface area contributed by atoms with Crippen molar-refractivity contribution in [3.05, 3.63) is 60.9 Å². The van der Waals surface area contributed by atoms with Gasteiger partial charge < -0.3 is 30.1 Å². The number of hydrogen-bond acceptors (Lipinski definition) is 10. The Morgan fingerprint density at radius 1 is 1.07 bits per heavy atom. The molecule has 10 atom stereocenters. The molecule has 6 rings (SSSR count). The molecule has 11 heteroatoms. The number of nitrogens with zero attached hydrogens (tertiary/aromatic N) is 2. The van der Waals surface area contributed by atoms with Gasteiger partial charge in [-0.25, -0.2) is 0 Å². The summed E-state index contributed by atoms with van der Waals surface area (Å²) < 4.78 is 12.4. The Hall–Kier alpha value is -1.96. The molecule has 1 aromatic carbocycles. The summed E-state index contributed by atoms with van der Waals surface area (Å²) in [4.78, 5) is 21.8. The van der Waals surface area contributed by atoms with Crippen molar-refractivity contribution < 1.29 is 29.6 Å². The van der Waals surface area contributed by atoms with Crippen LogP contribution in [0.4, 0.5) is 0 Å². The Morgan fingerprint density at radius 2 is 1.86 bits per heavy atom. The van der Waals surface area contributed by atoms with Crippen LogP contribution < -0.4 is 5.32 Å². The zero-order valence-electron chi connectivity index (χ0n) is 24.4. The van der Waals surface area contributed by atoms with Crippen LogP contribution in [0.2, 0.25) is 0 Å². The molecule has 43 heavy (non-hydrogen) atoms. The third-order valence-electron chi connectivity index (χ3n) is 9.03. The monoisotopic (exact) mass is 627 g/mol. The molecule has 0 radical (unpaired) electrons. The molecule has 2 aromatic rings. The van der Waals surface area contributed by atoms with E-state index in [0.717, 1.165) is 41.8 Å². The number of carbonyl (C=O) groups is 1. The van der Waals surface area contributed by atoms with Gasteiger partial charge >= 0.3 is 0 Å². The van der Waals surface area contributed by atoms with Crippen molar-refractivity contribution in [3.8, 4) is 11.1 Å². The van der Waals surface area contributed by atoms with Gasteiger partial charge in [0.2, 0.25) is 5.91 Å². The van der Waals surface area contributed by atoms with Gasteiger partial charge in [0.05, 0.1) is 18.8 Å². The fourth-order valence-electron chi connectivity index (χ4n) is 6.59. The maximum atomic E-state index is 14.2. The molecule has 0 bridgehead atoms. The third kappa shape index (κ3) is 6.69. The van der Waals surface area contributed by atoms with Gasteiger partial charge in [0.25, 0.3) is 0 Å². The van der Waals surface area contributed by atoms with Crippen LogP contribution in [0.1, 0.15) is 26.2 Å². The minimum atomic E-state index is -1.40. The molecule has 4 heterocycles. The van der Waals surface area contributed by atoms with Crippen LogP contribution in [0.5, 0.6) is 0 Å². The Morgan fingerprint density at radius 3 is 2.56 bits per heavy atom. The first kappa shape index (κ1) is 31.0. The normalized spacial score (nSPS) is 34.3. The number of rotatable bonds is 9. The summed E-state index contributed by atoms with van der Waals surface area (Å²) in [7, 11) is 0. The van der Waals surface area contributed by atoms with Gasteiger partial charge in [-0.15, -0.1) is 23.5 Å². The first-order valence-electron chi connectivity index (χ1n) is 15.1. The summed E-state index contributed by atoms with van der Waals surface area (Å²) in [5, 5.41) is 35.5. The highest BCUT2D eigenvalue weighted by Gasteiger charge is 2.53. The molecule has 2 saturated heterocycles. The number of nitrogens with one attached hydrogen (secondary N) is 1. The lowest BCUT2D eigenvalue weighted by Gasteiger charge is -2.45. The summed E-state index contributed by atoms with van der Waals surface area (Å²) in [6.07, 6.45) is 7.40. The van der Waals surface area contributed by atoms with Gasteiger partial charge in [0.15, 0.2) is 0 Å². The fraction of sp³-hybridized carbons (Fsp3) is 0.562. The Balaban J connectivity index is 1.25. The SMILES string of the molecule is CSC1O[C@H]([C@H](NC(=O)[C@@H]2[C@@H]3OCC=CC[C@H]3CN2C2CC2)[C@H](C)Sc2ccc(-c3cccnc3)cc2)[C@@H](O)C(O)[C@H]1O. The zero-order chi connectivity index (χ0) is 30.1. The van der Waals surface area contributed by atoms with Crippen molar-refractivity contribution in [1.29, 1.82) is 0 Å². The largest absolute Gasteiger partial charge is 0.388 e. The Labute approximate surface area is 261 Å². The second-order valence-electron chi connectivity index (χ2n) is 11.9. The van der Waals surface area contributed by atoms with Crippen LogP contribution in [0, 0.1) is 5.92 Å². The predicted molar refractivity (Wildman–Crippen MR) is 168 cm³/mol. The summed E-state index contributed by atoms with van der Waals surface area (Å²) in [5.74, 6) is 0.0934. The molecule has 4 N–H and O–H groups in total. The van der Waals surface area contributed by atoms with Crippen molar-refractivity contribution in [2.45, 2.75) is 90.4 Å². The van der Waals surface area contributed by atoms with Crippen LogP contribution in [0.25, 0.3) is 11.1 Å². The molecular weight excluding hydrogens is 587 g/mol. The lowest BCUT2D eigenvalue weighted by Crippen LogP contribution is -2.66. The van der Waals surface area contributed by atoms with Crippen molar-refractivity contribution in [3.63, 3.8) is 0 Å². The number of aliphatic hydroxyl groups is 3. The van der Waals surface area contributed by atoms with E-state index in [2.05, 4.69) is 21.3 Å². The smallest absolute Gasteiger partial charge is 0.240 e. The zero-order valence-corrected chi connectivity index (χ0v) is 26.1. The van der Waals surface area contributed by atoms with E-state index in [1.807, 2.05) is 55.6 Å². The number of carbonyl (C=O) groups excluding carboxylic acids is 1. The number of benzene rings is 1. The number of hydrogen-bond donors (Lipinski definition) is 4. The van der Waals surface area contributed by atoms with Gasteiger partial charge in [0, 0.05) is 41.0 Å². The number of amides is 1. The highest BCUT2D eigenvalue weighted by Crippen LogP contribution is 2.40. The maximum Gasteiger partial charge on any atom is 0.240 e. The Bertz CT molecular complexity index is 1260. The Kier molecular flexibility index (Phi) is 9.80. The van der Waals surface area contributed by atoms with Crippen LogP contribution >= 0.6 is 23.5 Å². The topological polar surface area (TPSA) is 124 Å². The highest BCUT2D eigenvalue weighted by molar-refractivity contribution is 8.00. The average Bonchev–Trinajstić information content (AvgIpc) is 3.84. The summed E-state index contributed by atoms with van der Waals surface area (Å²) in [6, 6.07) is 11.4. The first-order valence-corrected chi connectivity index (χ1v) is 17.2. The van der Waals surface area contributed by atoms with E-state index >= 15 is 0 Å². The lowest BCUT2D eigenvalue weighted by molar-refractivity contribution is -0.205. The van der Waals surface area contributed by atoms with E-state index in [-0.39, 0.29) is 23.2 Å². The molecule has 232 valence electrons. The van der Waals surface area contributed by atoms with Crippen molar-refractivity contribution in [2.24, 2.45) is 5.92 Å². The molecule has 1 amide bonds. The number of thioether (sulfide) groups is 2. The second-order valence-corrected chi connectivity index (χ2v) is 14.3. The summed E-state index contributed by atoms with van der Waals surface area (Å²) >= 11 is 2.83. The van der Waals surface area contributed by atoms with Gasteiger partial charge in [-0.3, -0.25) is 14.7 Å². The van der Waals surface area contributed by atoms with E-state index in [1.54, 1.807) is 24.2 Å². The minimum Gasteiger partial charge on any atom is -0.388 e. The fourth-order valence-corrected chi connectivity index (χ4v) is 8.36. The molecule has 9 nitrogen and oxygen atoms in total. The van der Waals surface area contributed by atoms with Gasteiger partial charge in [-0.05, 0) is 54.8 Å². The van der Waals surface area contributed by atoms with E-state index in [1.165, 1.54) is 11.8 Å². The van der Waals surface area contributed by atoms with Crippen LogP contribution in [0.15, 0.2) is 65.8 Å².